The van der Waals surface area contributed by atoms with Gasteiger partial charge in [0, 0.05) is 18.6 Å². The van der Waals surface area contributed by atoms with Crippen LogP contribution in [0.2, 0.25) is 0 Å². The summed E-state index contributed by atoms with van der Waals surface area (Å²) in [6.07, 6.45) is 4.99. The molecule has 4 unspecified atom stereocenters. The fourth-order valence-electron chi connectivity index (χ4n) is 3.65. The number of rotatable bonds is 4. The zero-order chi connectivity index (χ0) is 12.5. The second kappa shape index (κ2) is 5.02. The summed E-state index contributed by atoms with van der Waals surface area (Å²) in [6.45, 7) is 3.10. The first-order valence-corrected chi connectivity index (χ1v) is 7.24. The average molecular weight is 245 g/mol. The summed E-state index contributed by atoms with van der Waals surface area (Å²) in [5.41, 5.74) is 9.48. The van der Waals surface area contributed by atoms with Gasteiger partial charge in [0.05, 0.1) is 6.10 Å². The van der Waals surface area contributed by atoms with Gasteiger partial charge in [-0.3, -0.25) is 0 Å². The highest BCUT2D eigenvalue weighted by Gasteiger charge is 2.35. The maximum absolute atomic E-state index is 6.43. The van der Waals surface area contributed by atoms with Gasteiger partial charge in [-0.05, 0) is 42.7 Å². The van der Waals surface area contributed by atoms with E-state index in [-0.39, 0.29) is 0 Å². The van der Waals surface area contributed by atoms with E-state index in [4.69, 9.17) is 10.5 Å². The Morgan fingerprint density at radius 1 is 1.39 bits per heavy atom. The molecule has 0 radical (unpaired) electrons. The summed E-state index contributed by atoms with van der Waals surface area (Å²) in [7, 11) is 0. The molecule has 18 heavy (non-hydrogen) atoms. The van der Waals surface area contributed by atoms with Crippen molar-refractivity contribution in [2.24, 2.45) is 11.7 Å². The number of hydrogen-bond donors (Lipinski definition) is 1. The normalized spacial score (nSPS) is 31.8. The summed E-state index contributed by atoms with van der Waals surface area (Å²) < 4.78 is 5.76. The minimum Gasteiger partial charge on any atom is -0.378 e. The van der Waals surface area contributed by atoms with Crippen LogP contribution >= 0.6 is 0 Å². The van der Waals surface area contributed by atoms with Gasteiger partial charge >= 0.3 is 0 Å². The molecule has 1 aromatic rings. The summed E-state index contributed by atoms with van der Waals surface area (Å²) in [5, 5.41) is 0. The molecule has 0 amide bonds. The quantitative estimate of drug-likeness (QED) is 0.885. The van der Waals surface area contributed by atoms with Crippen molar-refractivity contribution >= 4 is 0 Å². The van der Waals surface area contributed by atoms with E-state index in [0.29, 0.717) is 24.0 Å². The van der Waals surface area contributed by atoms with Gasteiger partial charge in [-0.15, -0.1) is 0 Å². The van der Waals surface area contributed by atoms with Gasteiger partial charge in [0.15, 0.2) is 0 Å². The second-order valence-corrected chi connectivity index (χ2v) is 5.77. The second-order valence-electron chi connectivity index (χ2n) is 5.77. The molecule has 2 N–H and O–H groups in total. The molecule has 1 aliphatic heterocycles. The Morgan fingerprint density at radius 2 is 2.22 bits per heavy atom. The van der Waals surface area contributed by atoms with Crippen LogP contribution < -0.4 is 5.73 Å². The highest BCUT2D eigenvalue weighted by Crippen LogP contribution is 2.40. The lowest BCUT2D eigenvalue weighted by Gasteiger charge is -2.34. The van der Waals surface area contributed by atoms with Crippen molar-refractivity contribution in [2.75, 3.05) is 6.61 Å². The highest BCUT2D eigenvalue weighted by molar-refractivity contribution is 5.39. The molecule has 3 rings (SSSR count). The topological polar surface area (TPSA) is 35.2 Å². The molecule has 0 aromatic heterocycles. The monoisotopic (exact) mass is 245 g/mol. The molecule has 98 valence electrons. The molecule has 2 heteroatoms. The molecule has 1 aliphatic carbocycles. The van der Waals surface area contributed by atoms with Gasteiger partial charge < -0.3 is 10.5 Å². The van der Waals surface area contributed by atoms with E-state index in [1.165, 1.54) is 17.5 Å². The standard InChI is InChI=1S/C16H23NO/c1-2-16-14(7-8-18-16)15(17)10-12-9-11-5-3-4-6-13(11)12/h3-6,12,14-16H,2,7-10,17H2,1H3. The highest BCUT2D eigenvalue weighted by atomic mass is 16.5. The lowest BCUT2D eigenvalue weighted by molar-refractivity contribution is 0.0796. The van der Waals surface area contributed by atoms with E-state index in [1.54, 1.807) is 0 Å². The maximum atomic E-state index is 6.43. The van der Waals surface area contributed by atoms with Crippen LogP contribution in [0.3, 0.4) is 0 Å². The smallest absolute Gasteiger partial charge is 0.0616 e. The van der Waals surface area contributed by atoms with Crippen molar-refractivity contribution in [1.82, 2.24) is 0 Å². The van der Waals surface area contributed by atoms with Gasteiger partial charge in [0.2, 0.25) is 0 Å². The van der Waals surface area contributed by atoms with Crippen LogP contribution in [0.15, 0.2) is 24.3 Å². The zero-order valence-electron chi connectivity index (χ0n) is 11.1. The predicted molar refractivity (Wildman–Crippen MR) is 73.6 cm³/mol. The van der Waals surface area contributed by atoms with Crippen molar-refractivity contribution in [2.45, 2.75) is 50.7 Å². The first kappa shape index (κ1) is 12.2. The van der Waals surface area contributed by atoms with Gasteiger partial charge in [0.25, 0.3) is 0 Å². The van der Waals surface area contributed by atoms with E-state index in [9.17, 15) is 0 Å². The molecular formula is C16H23NO. The van der Waals surface area contributed by atoms with Crippen LogP contribution in [0.4, 0.5) is 0 Å². The SMILES string of the molecule is CCC1OCCC1C(N)CC1Cc2ccccc21. The Bertz CT molecular complexity index is 417. The number of fused-ring (bicyclic) bond motifs is 1. The maximum Gasteiger partial charge on any atom is 0.0616 e. The van der Waals surface area contributed by atoms with Gasteiger partial charge in [-0.1, -0.05) is 31.2 Å². The predicted octanol–water partition coefficient (Wildman–Crippen LogP) is 2.86. The first-order chi connectivity index (χ1) is 8.79. The number of nitrogens with two attached hydrogens (primary N) is 1. The molecule has 0 bridgehead atoms. The zero-order valence-corrected chi connectivity index (χ0v) is 11.1. The lowest BCUT2D eigenvalue weighted by atomic mass is 9.72. The van der Waals surface area contributed by atoms with Crippen molar-refractivity contribution in [3.8, 4) is 0 Å². The molecule has 1 heterocycles. The molecule has 1 aromatic carbocycles. The van der Waals surface area contributed by atoms with E-state index < -0.39 is 0 Å². The molecule has 0 spiro atoms. The minimum absolute atomic E-state index is 0.302. The number of hydrogen-bond acceptors (Lipinski definition) is 2. The van der Waals surface area contributed by atoms with Gasteiger partial charge in [-0.2, -0.15) is 0 Å². The van der Waals surface area contributed by atoms with Crippen molar-refractivity contribution in [1.29, 1.82) is 0 Å². The molecule has 4 atom stereocenters. The first-order valence-electron chi connectivity index (χ1n) is 7.24. The largest absolute Gasteiger partial charge is 0.378 e. The molecule has 1 saturated heterocycles. The minimum atomic E-state index is 0.302. The third kappa shape index (κ3) is 2.08. The molecular weight excluding hydrogens is 222 g/mol. The Hall–Kier alpha value is -0.860. The summed E-state index contributed by atoms with van der Waals surface area (Å²) in [4.78, 5) is 0. The molecule has 2 aliphatic rings. The Labute approximate surface area is 110 Å². The van der Waals surface area contributed by atoms with Crippen LogP contribution in [0, 0.1) is 5.92 Å². The summed E-state index contributed by atoms with van der Waals surface area (Å²) in [5.74, 6) is 1.26. The Kier molecular flexibility index (Phi) is 3.40. The average Bonchev–Trinajstić information content (AvgIpc) is 2.84. The van der Waals surface area contributed by atoms with Crippen LogP contribution in [0.1, 0.15) is 43.2 Å². The van der Waals surface area contributed by atoms with Crippen LogP contribution in [0.25, 0.3) is 0 Å². The fourth-order valence-corrected chi connectivity index (χ4v) is 3.65. The number of benzene rings is 1. The molecule has 2 nitrogen and oxygen atoms in total. The van der Waals surface area contributed by atoms with Crippen molar-refractivity contribution in [3.63, 3.8) is 0 Å². The van der Waals surface area contributed by atoms with Crippen molar-refractivity contribution in [3.05, 3.63) is 35.4 Å². The van der Waals surface area contributed by atoms with E-state index in [1.807, 2.05) is 0 Å². The van der Waals surface area contributed by atoms with Crippen molar-refractivity contribution < 1.29 is 4.74 Å². The fraction of sp³-hybridized carbons (Fsp3) is 0.625. The number of ether oxygens (including phenoxy) is 1. The van der Waals surface area contributed by atoms with E-state index >= 15 is 0 Å². The van der Waals surface area contributed by atoms with Gasteiger partial charge in [0.1, 0.15) is 0 Å². The third-order valence-corrected chi connectivity index (χ3v) is 4.73. The van der Waals surface area contributed by atoms with Crippen LogP contribution in [-0.4, -0.2) is 18.8 Å². The molecule has 0 saturated carbocycles. The van der Waals surface area contributed by atoms with E-state index in [2.05, 4.69) is 31.2 Å². The molecule has 1 fully saturated rings. The summed E-state index contributed by atoms with van der Waals surface area (Å²) in [6, 6.07) is 9.08. The lowest BCUT2D eigenvalue weighted by Crippen LogP contribution is -2.38. The Balaban J connectivity index is 1.61. The Morgan fingerprint density at radius 3 is 3.00 bits per heavy atom. The van der Waals surface area contributed by atoms with Crippen LogP contribution in [0.5, 0.6) is 0 Å². The summed E-state index contributed by atoms with van der Waals surface area (Å²) >= 11 is 0. The van der Waals surface area contributed by atoms with Gasteiger partial charge in [-0.25, -0.2) is 0 Å². The van der Waals surface area contributed by atoms with Crippen LogP contribution in [-0.2, 0) is 11.2 Å². The third-order valence-electron chi connectivity index (χ3n) is 4.73. The van der Waals surface area contributed by atoms with E-state index in [0.717, 1.165) is 25.9 Å².